The van der Waals surface area contributed by atoms with Crippen molar-refractivity contribution in [1.82, 2.24) is 4.57 Å². The van der Waals surface area contributed by atoms with Crippen LogP contribution in [0.15, 0.2) is 24.3 Å². The Morgan fingerprint density at radius 1 is 1.30 bits per heavy atom. The molecule has 102 valence electrons. The van der Waals surface area contributed by atoms with E-state index in [1.807, 2.05) is 42.8 Å². The summed E-state index contributed by atoms with van der Waals surface area (Å²) in [6.07, 6.45) is 0. The zero-order chi connectivity index (χ0) is 14.1. The highest BCUT2D eigenvalue weighted by atomic mass is 16.7. The van der Waals surface area contributed by atoms with E-state index in [-0.39, 0.29) is 6.79 Å². The Balaban J connectivity index is 1.75. The lowest BCUT2D eigenvalue weighted by Gasteiger charge is -2.07. The maximum absolute atomic E-state index is 9.03. The van der Waals surface area contributed by atoms with Crippen molar-refractivity contribution in [3.63, 3.8) is 0 Å². The first-order valence-corrected chi connectivity index (χ1v) is 6.38. The summed E-state index contributed by atoms with van der Waals surface area (Å²) in [7, 11) is 1.90. The molecule has 5 heteroatoms. The summed E-state index contributed by atoms with van der Waals surface area (Å²) >= 11 is 0. The number of rotatable bonds is 3. The average Bonchev–Trinajstić information content (AvgIpc) is 3.03. The number of nitrogens with one attached hydrogen (secondary N) is 1. The molecule has 20 heavy (non-hydrogen) atoms. The topological polar surface area (TPSA) is 59.2 Å². The first-order valence-electron chi connectivity index (χ1n) is 6.38. The maximum Gasteiger partial charge on any atom is 0.231 e. The molecule has 1 aromatic heterocycles. The highest BCUT2D eigenvalue weighted by Crippen LogP contribution is 2.34. The summed E-state index contributed by atoms with van der Waals surface area (Å²) in [6.45, 7) is 2.96. The normalized spacial score (nSPS) is 12.2. The van der Waals surface area contributed by atoms with E-state index in [9.17, 15) is 0 Å². The van der Waals surface area contributed by atoms with Gasteiger partial charge in [-0.25, -0.2) is 0 Å². The molecule has 0 radical (unpaired) electrons. The quantitative estimate of drug-likeness (QED) is 0.930. The van der Waals surface area contributed by atoms with E-state index in [2.05, 4.69) is 11.4 Å². The lowest BCUT2D eigenvalue weighted by atomic mass is 10.2. The van der Waals surface area contributed by atoms with Crippen LogP contribution in [0, 0.1) is 18.3 Å². The number of aromatic nitrogens is 1. The van der Waals surface area contributed by atoms with E-state index in [4.69, 9.17) is 14.7 Å². The Bertz CT molecular complexity index is 698. The predicted octanol–water partition coefficient (Wildman–Crippen LogP) is 2.55. The van der Waals surface area contributed by atoms with Crippen LogP contribution in [0.2, 0.25) is 0 Å². The van der Waals surface area contributed by atoms with Crippen LogP contribution >= 0.6 is 0 Å². The van der Waals surface area contributed by atoms with E-state index < -0.39 is 0 Å². The molecule has 1 aliphatic rings. The van der Waals surface area contributed by atoms with Gasteiger partial charge in [0.25, 0.3) is 0 Å². The van der Waals surface area contributed by atoms with Crippen molar-refractivity contribution in [2.45, 2.75) is 13.5 Å². The zero-order valence-electron chi connectivity index (χ0n) is 11.4. The van der Waals surface area contributed by atoms with Crippen LogP contribution in [-0.2, 0) is 13.6 Å². The van der Waals surface area contributed by atoms with Gasteiger partial charge in [-0.15, -0.1) is 0 Å². The number of benzene rings is 1. The van der Waals surface area contributed by atoms with Crippen molar-refractivity contribution < 1.29 is 9.47 Å². The first-order chi connectivity index (χ1) is 9.69. The molecule has 0 saturated carbocycles. The molecule has 1 aliphatic heterocycles. The van der Waals surface area contributed by atoms with Gasteiger partial charge < -0.3 is 19.4 Å². The van der Waals surface area contributed by atoms with Gasteiger partial charge in [-0.1, -0.05) is 0 Å². The molecule has 0 bridgehead atoms. The van der Waals surface area contributed by atoms with Gasteiger partial charge in [0.2, 0.25) is 6.79 Å². The number of ether oxygens (including phenoxy) is 2. The standard InChI is InChI=1S/C15H15N3O2/c1-10-11(5-13(7-16)18(10)2)8-17-12-3-4-14-15(6-12)20-9-19-14/h3-6,17H,8-9H2,1-2H3. The molecule has 0 fully saturated rings. The first kappa shape index (κ1) is 12.4. The predicted molar refractivity (Wildman–Crippen MR) is 74.8 cm³/mol. The second kappa shape index (κ2) is 4.82. The molecule has 0 aliphatic carbocycles. The lowest BCUT2D eigenvalue weighted by Crippen LogP contribution is -2.01. The van der Waals surface area contributed by atoms with Gasteiger partial charge in [-0.05, 0) is 30.7 Å². The van der Waals surface area contributed by atoms with Crippen molar-refractivity contribution in [2.75, 3.05) is 12.1 Å². The molecule has 0 amide bonds. The molecule has 0 spiro atoms. The van der Waals surface area contributed by atoms with Gasteiger partial charge in [0, 0.05) is 31.0 Å². The minimum absolute atomic E-state index is 0.280. The van der Waals surface area contributed by atoms with Crippen LogP contribution in [0.3, 0.4) is 0 Å². The van der Waals surface area contributed by atoms with Gasteiger partial charge >= 0.3 is 0 Å². The number of anilines is 1. The molecule has 1 N–H and O–H groups in total. The molecule has 2 heterocycles. The second-order valence-corrected chi connectivity index (χ2v) is 4.73. The van der Waals surface area contributed by atoms with Crippen molar-refractivity contribution in [2.24, 2.45) is 7.05 Å². The molecule has 3 rings (SSSR count). The van der Waals surface area contributed by atoms with E-state index in [1.165, 1.54) is 0 Å². The fourth-order valence-electron chi connectivity index (χ4n) is 2.25. The summed E-state index contributed by atoms with van der Waals surface area (Å²) < 4.78 is 12.5. The van der Waals surface area contributed by atoms with Crippen molar-refractivity contribution in [3.05, 3.63) is 41.2 Å². The fourth-order valence-corrected chi connectivity index (χ4v) is 2.25. The van der Waals surface area contributed by atoms with E-state index in [0.29, 0.717) is 12.2 Å². The van der Waals surface area contributed by atoms with Crippen LogP contribution in [0.25, 0.3) is 0 Å². The number of nitriles is 1. The summed E-state index contributed by atoms with van der Waals surface area (Å²) in [4.78, 5) is 0. The van der Waals surface area contributed by atoms with Crippen LogP contribution in [-0.4, -0.2) is 11.4 Å². The molecular formula is C15H15N3O2. The Morgan fingerprint density at radius 2 is 2.10 bits per heavy atom. The average molecular weight is 269 g/mol. The minimum Gasteiger partial charge on any atom is -0.454 e. The highest BCUT2D eigenvalue weighted by Gasteiger charge is 2.13. The van der Waals surface area contributed by atoms with Crippen LogP contribution < -0.4 is 14.8 Å². The monoisotopic (exact) mass is 269 g/mol. The number of fused-ring (bicyclic) bond motifs is 1. The van der Waals surface area contributed by atoms with E-state index in [1.54, 1.807) is 0 Å². The molecule has 1 aromatic carbocycles. The summed E-state index contributed by atoms with van der Waals surface area (Å²) in [5.74, 6) is 1.54. The second-order valence-electron chi connectivity index (χ2n) is 4.73. The van der Waals surface area contributed by atoms with Crippen molar-refractivity contribution in [1.29, 1.82) is 5.26 Å². The third-order valence-electron chi connectivity index (χ3n) is 3.61. The summed E-state index contributed by atoms with van der Waals surface area (Å²) in [6, 6.07) is 9.87. The van der Waals surface area contributed by atoms with Gasteiger partial charge in [0.1, 0.15) is 11.8 Å². The molecule has 5 nitrogen and oxygen atoms in total. The zero-order valence-corrected chi connectivity index (χ0v) is 11.4. The Kier molecular flexibility index (Phi) is 2.99. The van der Waals surface area contributed by atoms with Crippen LogP contribution in [0.5, 0.6) is 11.5 Å². The van der Waals surface area contributed by atoms with Crippen LogP contribution in [0.1, 0.15) is 17.0 Å². The van der Waals surface area contributed by atoms with Crippen LogP contribution in [0.4, 0.5) is 5.69 Å². The highest BCUT2D eigenvalue weighted by molar-refractivity contribution is 5.56. The van der Waals surface area contributed by atoms with Gasteiger partial charge in [-0.3, -0.25) is 0 Å². The molecule has 0 atom stereocenters. The van der Waals surface area contributed by atoms with E-state index in [0.717, 1.165) is 28.4 Å². The molecule has 2 aromatic rings. The van der Waals surface area contributed by atoms with Gasteiger partial charge in [0.15, 0.2) is 11.5 Å². The number of nitrogens with zero attached hydrogens (tertiary/aromatic N) is 2. The number of hydrogen-bond donors (Lipinski definition) is 1. The Hall–Kier alpha value is -2.61. The third-order valence-corrected chi connectivity index (χ3v) is 3.61. The maximum atomic E-state index is 9.03. The van der Waals surface area contributed by atoms with Crippen molar-refractivity contribution >= 4 is 5.69 Å². The third kappa shape index (κ3) is 2.05. The minimum atomic E-state index is 0.280. The molecule has 0 unspecified atom stereocenters. The smallest absolute Gasteiger partial charge is 0.231 e. The largest absolute Gasteiger partial charge is 0.454 e. The lowest BCUT2D eigenvalue weighted by molar-refractivity contribution is 0.174. The summed E-state index contributed by atoms with van der Waals surface area (Å²) in [5.41, 5.74) is 3.84. The molecular weight excluding hydrogens is 254 g/mol. The number of hydrogen-bond acceptors (Lipinski definition) is 4. The van der Waals surface area contributed by atoms with Gasteiger partial charge in [0.05, 0.1) is 0 Å². The Labute approximate surface area is 117 Å². The fraction of sp³-hybridized carbons (Fsp3) is 0.267. The molecule has 0 saturated heterocycles. The van der Waals surface area contributed by atoms with Gasteiger partial charge in [-0.2, -0.15) is 5.26 Å². The summed E-state index contributed by atoms with van der Waals surface area (Å²) in [5, 5.41) is 12.4. The van der Waals surface area contributed by atoms with E-state index >= 15 is 0 Å². The van der Waals surface area contributed by atoms with Crippen molar-refractivity contribution in [3.8, 4) is 17.6 Å². The Morgan fingerprint density at radius 3 is 2.85 bits per heavy atom. The SMILES string of the molecule is Cc1c(CNc2ccc3c(c2)OCO3)cc(C#N)n1C.